The summed E-state index contributed by atoms with van der Waals surface area (Å²) in [4.78, 5) is 27.5. The summed E-state index contributed by atoms with van der Waals surface area (Å²) < 4.78 is 4.55. The smallest absolute Gasteiger partial charge is 0.328 e. The van der Waals surface area contributed by atoms with E-state index in [0.717, 1.165) is 5.39 Å². The van der Waals surface area contributed by atoms with Gasteiger partial charge in [0.1, 0.15) is 6.04 Å². The zero-order chi connectivity index (χ0) is 15.4. The molecule has 3 N–H and O–H groups in total. The third-order valence-electron chi connectivity index (χ3n) is 3.08. The lowest BCUT2D eigenvalue weighted by molar-refractivity contribution is -0.144. The number of amides is 1. The van der Waals surface area contributed by atoms with Gasteiger partial charge in [0, 0.05) is 5.39 Å². The van der Waals surface area contributed by atoms with Crippen LogP contribution in [0.1, 0.15) is 12.6 Å². The van der Waals surface area contributed by atoms with E-state index in [1.54, 1.807) is 19.1 Å². The van der Waals surface area contributed by atoms with Gasteiger partial charge in [0.25, 0.3) is 0 Å². The third-order valence-corrected chi connectivity index (χ3v) is 3.08. The van der Waals surface area contributed by atoms with E-state index >= 15 is 0 Å². The topological polar surface area (TPSA) is 94.3 Å². The molecule has 6 nitrogen and oxygen atoms in total. The van der Waals surface area contributed by atoms with Crippen LogP contribution in [-0.2, 0) is 20.7 Å². The molecule has 0 radical (unpaired) electrons. The van der Waals surface area contributed by atoms with E-state index in [4.69, 9.17) is 5.73 Å². The minimum atomic E-state index is -0.687. The van der Waals surface area contributed by atoms with E-state index in [-0.39, 0.29) is 12.3 Å². The lowest BCUT2D eigenvalue weighted by Gasteiger charge is -2.11. The number of nitrogens with two attached hydrogens (primary N) is 1. The monoisotopic (exact) mass is 287 g/mol. The van der Waals surface area contributed by atoms with Gasteiger partial charge in [-0.3, -0.25) is 9.78 Å². The van der Waals surface area contributed by atoms with Gasteiger partial charge >= 0.3 is 5.97 Å². The molecule has 1 unspecified atom stereocenters. The number of para-hydroxylation sites is 1. The van der Waals surface area contributed by atoms with Crippen molar-refractivity contribution in [1.82, 2.24) is 10.3 Å². The quantitative estimate of drug-likeness (QED) is 0.647. The summed E-state index contributed by atoms with van der Waals surface area (Å²) in [6.07, 6.45) is 0.0750. The van der Waals surface area contributed by atoms with Crippen LogP contribution in [0.15, 0.2) is 30.3 Å². The number of carbonyl (C=O) groups is 2. The van der Waals surface area contributed by atoms with E-state index in [2.05, 4.69) is 15.0 Å². The molecule has 110 valence electrons. The number of hydrogen-bond acceptors (Lipinski definition) is 5. The fourth-order valence-corrected chi connectivity index (χ4v) is 2.00. The molecule has 0 aliphatic carbocycles. The molecule has 0 aliphatic rings. The van der Waals surface area contributed by atoms with Crippen molar-refractivity contribution in [3.8, 4) is 0 Å². The van der Waals surface area contributed by atoms with Gasteiger partial charge in [-0.25, -0.2) is 4.79 Å². The second-order valence-corrected chi connectivity index (χ2v) is 4.71. The van der Waals surface area contributed by atoms with Gasteiger partial charge in [-0.2, -0.15) is 0 Å². The molecule has 0 fully saturated rings. The number of hydrogen-bond donors (Lipinski definition) is 2. The highest BCUT2D eigenvalue weighted by Gasteiger charge is 2.16. The third kappa shape index (κ3) is 3.47. The number of nitrogen functional groups attached to an aromatic ring is 1. The van der Waals surface area contributed by atoms with Gasteiger partial charge in [0.2, 0.25) is 5.91 Å². The lowest BCUT2D eigenvalue weighted by Crippen LogP contribution is -2.40. The summed E-state index contributed by atoms with van der Waals surface area (Å²) in [6.45, 7) is 1.57. The number of esters is 1. The Morgan fingerprint density at radius 2 is 2.10 bits per heavy atom. The number of anilines is 1. The summed E-state index contributed by atoms with van der Waals surface area (Å²) in [6, 6.07) is 8.47. The molecular weight excluding hydrogens is 270 g/mol. The van der Waals surface area contributed by atoms with Crippen LogP contribution in [0.5, 0.6) is 0 Å². The maximum Gasteiger partial charge on any atom is 0.328 e. The van der Waals surface area contributed by atoms with Crippen molar-refractivity contribution in [1.29, 1.82) is 0 Å². The number of fused-ring (bicyclic) bond motifs is 1. The number of nitrogens with one attached hydrogen (secondary N) is 1. The van der Waals surface area contributed by atoms with Crippen molar-refractivity contribution in [2.75, 3.05) is 12.8 Å². The Labute approximate surface area is 122 Å². The maximum atomic E-state index is 11.9. The molecule has 1 aromatic carbocycles. The van der Waals surface area contributed by atoms with E-state index in [1.165, 1.54) is 7.11 Å². The molecule has 2 aromatic rings. The molecule has 1 amide bonds. The number of carbonyl (C=O) groups excluding carboxylic acids is 2. The van der Waals surface area contributed by atoms with Crippen molar-refractivity contribution in [2.45, 2.75) is 19.4 Å². The largest absolute Gasteiger partial charge is 0.467 e. The lowest BCUT2D eigenvalue weighted by atomic mass is 10.1. The first-order valence-electron chi connectivity index (χ1n) is 6.52. The van der Waals surface area contributed by atoms with E-state index in [0.29, 0.717) is 16.9 Å². The first kappa shape index (κ1) is 14.8. The Bertz CT molecular complexity index is 685. The number of ether oxygens (including phenoxy) is 1. The molecule has 1 heterocycles. The Kier molecular flexibility index (Phi) is 4.37. The predicted molar refractivity (Wildman–Crippen MR) is 79.5 cm³/mol. The minimum Gasteiger partial charge on any atom is -0.467 e. The summed E-state index contributed by atoms with van der Waals surface area (Å²) in [5.41, 5.74) is 7.70. The second kappa shape index (κ2) is 6.21. The maximum absolute atomic E-state index is 11.9. The number of rotatable bonds is 4. The van der Waals surface area contributed by atoms with Crippen LogP contribution in [-0.4, -0.2) is 30.0 Å². The first-order chi connectivity index (χ1) is 10.0. The Balaban J connectivity index is 2.11. The highest BCUT2D eigenvalue weighted by atomic mass is 16.5. The van der Waals surface area contributed by atoms with Crippen molar-refractivity contribution in [2.24, 2.45) is 0 Å². The van der Waals surface area contributed by atoms with Crippen molar-refractivity contribution < 1.29 is 14.3 Å². The summed E-state index contributed by atoms with van der Waals surface area (Å²) in [5, 5.41) is 3.48. The van der Waals surface area contributed by atoms with E-state index in [1.807, 2.05) is 18.2 Å². The molecule has 6 heteroatoms. The predicted octanol–water partition coefficient (Wildman–Crippen LogP) is 1.04. The fourth-order valence-electron chi connectivity index (χ4n) is 2.00. The van der Waals surface area contributed by atoms with Crippen LogP contribution in [0.4, 0.5) is 5.69 Å². The molecule has 0 saturated heterocycles. The van der Waals surface area contributed by atoms with Crippen molar-refractivity contribution in [3.05, 3.63) is 36.0 Å². The SMILES string of the molecule is COC(=O)C(C)NC(=O)Cc1ccc2cccc(N)c2n1. The molecular formula is C15H17N3O3. The van der Waals surface area contributed by atoms with Gasteiger partial charge < -0.3 is 15.8 Å². The summed E-state index contributed by atoms with van der Waals surface area (Å²) in [7, 11) is 1.28. The van der Waals surface area contributed by atoms with Gasteiger partial charge in [-0.15, -0.1) is 0 Å². The molecule has 2 rings (SSSR count). The zero-order valence-corrected chi connectivity index (χ0v) is 11.9. The fraction of sp³-hybridized carbons (Fsp3) is 0.267. The number of pyridine rings is 1. The average Bonchev–Trinajstić information content (AvgIpc) is 2.47. The standard InChI is InChI=1S/C15H17N3O3/c1-9(15(20)21-2)17-13(19)8-11-7-6-10-4-3-5-12(16)14(10)18-11/h3-7,9H,8,16H2,1-2H3,(H,17,19). The normalized spacial score (nSPS) is 11.9. The molecule has 0 saturated carbocycles. The van der Waals surface area contributed by atoms with Crippen LogP contribution in [0.2, 0.25) is 0 Å². The number of aromatic nitrogens is 1. The number of methoxy groups -OCH3 is 1. The number of nitrogens with zero attached hydrogens (tertiary/aromatic N) is 1. The van der Waals surface area contributed by atoms with Gasteiger partial charge in [-0.1, -0.05) is 18.2 Å². The summed E-state index contributed by atoms with van der Waals surface area (Å²) in [5.74, 6) is -0.784. The van der Waals surface area contributed by atoms with Crippen LogP contribution >= 0.6 is 0 Å². The first-order valence-corrected chi connectivity index (χ1v) is 6.52. The molecule has 21 heavy (non-hydrogen) atoms. The molecule has 0 bridgehead atoms. The van der Waals surface area contributed by atoms with Crippen LogP contribution in [0.3, 0.4) is 0 Å². The highest BCUT2D eigenvalue weighted by Crippen LogP contribution is 2.18. The summed E-state index contributed by atoms with van der Waals surface area (Å²) >= 11 is 0. The number of benzene rings is 1. The Morgan fingerprint density at radius 3 is 2.81 bits per heavy atom. The molecule has 0 aliphatic heterocycles. The van der Waals surface area contributed by atoms with Gasteiger partial charge in [0.15, 0.2) is 0 Å². The average molecular weight is 287 g/mol. The van der Waals surface area contributed by atoms with Crippen molar-refractivity contribution >= 4 is 28.5 Å². The Hall–Kier alpha value is -2.63. The van der Waals surface area contributed by atoms with Gasteiger partial charge in [-0.05, 0) is 19.1 Å². The minimum absolute atomic E-state index is 0.0750. The van der Waals surface area contributed by atoms with Gasteiger partial charge in [0.05, 0.1) is 30.4 Å². The zero-order valence-electron chi connectivity index (χ0n) is 11.9. The Morgan fingerprint density at radius 1 is 1.33 bits per heavy atom. The second-order valence-electron chi connectivity index (χ2n) is 4.71. The van der Waals surface area contributed by atoms with Crippen molar-refractivity contribution in [3.63, 3.8) is 0 Å². The van der Waals surface area contributed by atoms with Crippen LogP contribution in [0.25, 0.3) is 10.9 Å². The molecule has 0 spiro atoms. The highest BCUT2D eigenvalue weighted by molar-refractivity contribution is 5.90. The van der Waals surface area contributed by atoms with E-state index in [9.17, 15) is 9.59 Å². The molecule has 1 atom stereocenters. The van der Waals surface area contributed by atoms with E-state index < -0.39 is 12.0 Å². The molecule has 1 aromatic heterocycles. The van der Waals surface area contributed by atoms with Crippen LogP contribution in [0, 0.1) is 0 Å². The van der Waals surface area contributed by atoms with Crippen LogP contribution < -0.4 is 11.1 Å².